The molecular weight excluding hydrogens is 305 g/mol. The average molecular weight is 310 g/mol. The van der Waals surface area contributed by atoms with E-state index in [1.165, 1.54) is 12.1 Å². The van der Waals surface area contributed by atoms with Gasteiger partial charge in [-0.05, 0) is 18.2 Å². The Morgan fingerprint density at radius 3 is 2.93 bits per heavy atom. The van der Waals surface area contributed by atoms with Crippen molar-refractivity contribution >= 4 is 33.8 Å². The smallest absolute Gasteiger partial charge is 0.387 e. The summed E-state index contributed by atoms with van der Waals surface area (Å²) < 4.78 is 29.7. The fourth-order valence-electron chi connectivity index (χ4n) is 1.16. The van der Waals surface area contributed by atoms with Gasteiger partial charge in [0, 0.05) is 5.39 Å². The van der Waals surface area contributed by atoms with Gasteiger partial charge < -0.3 is 4.74 Å². The molecule has 1 aromatic heterocycles. The zero-order valence-corrected chi connectivity index (χ0v) is 8.98. The van der Waals surface area contributed by atoms with E-state index in [1.807, 2.05) is 22.9 Å². The molecule has 0 N–H and O–H groups in total. The summed E-state index contributed by atoms with van der Waals surface area (Å²) >= 11 is 2.01. The van der Waals surface area contributed by atoms with Crippen LogP contribution < -0.4 is 4.74 Å². The van der Waals surface area contributed by atoms with Gasteiger partial charge >= 0.3 is 6.61 Å². The summed E-state index contributed by atoms with van der Waals surface area (Å²) in [6.07, 6.45) is 1.60. The molecule has 3 nitrogen and oxygen atoms in total. The summed E-state index contributed by atoms with van der Waals surface area (Å²) in [5.74, 6) is 0.150. The van der Waals surface area contributed by atoms with Crippen molar-refractivity contribution in [3.63, 3.8) is 0 Å². The van der Waals surface area contributed by atoms with Crippen LogP contribution in [0.1, 0.15) is 0 Å². The van der Waals surface area contributed by atoms with Crippen LogP contribution in [0.15, 0.2) is 24.4 Å². The maximum atomic E-state index is 11.9. The zero-order chi connectivity index (χ0) is 10.1. The standard InChI is InChI=1S/C8H5F2IN2O/c9-8(10)14-6-1-2-7-5(3-6)4-12-13(7)11/h1-4,8H. The highest BCUT2D eigenvalue weighted by Crippen LogP contribution is 2.22. The van der Waals surface area contributed by atoms with Crippen molar-refractivity contribution in [1.82, 2.24) is 7.99 Å². The van der Waals surface area contributed by atoms with E-state index in [0.29, 0.717) is 0 Å². The van der Waals surface area contributed by atoms with Crippen LogP contribution in [-0.4, -0.2) is 14.6 Å². The maximum Gasteiger partial charge on any atom is 0.387 e. The van der Waals surface area contributed by atoms with Gasteiger partial charge in [-0.2, -0.15) is 13.9 Å². The number of fused-ring (bicyclic) bond motifs is 1. The van der Waals surface area contributed by atoms with Crippen molar-refractivity contribution in [3.8, 4) is 5.75 Å². The lowest BCUT2D eigenvalue weighted by molar-refractivity contribution is -0.0497. The summed E-state index contributed by atoms with van der Waals surface area (Å²) in [5.41, 5.74) is 0.868. The molecule has 0 aliphatic carbocycles. The fourth-order valence-corrected chi connectivity index (χ4v) is 1.72. The lowest BCUT2D eigenvalue weighted by atomic mass is 10.2. The molecule has 0 unspecified atom stereocenters. The van der Waals surface area contributed by atoms with Crippen molar-refractivity contribution < 1.29 is 13.5 Å². The Morgan fingerprint density at radius 1 is 1.43 bits per heavy atom. The number of rotatable bonds is 2. The van der Waals surface area contributed by atoms with Crippen LogP contribution in [0.2, 0.25) is 0 Å². The second-order valence-electron chi connectivity index (χ2n) is 2.60. The van der Waals surface area contributed by atoms with Crippen molar-refractivity contribution in [2.24, 2.45) is 0 Å². The number of benzene rings is 1. The molecule has 0 atom stereocenters. The van der Waals surface area contributed by atoms with Gasteiger partial charge in [-0.25, -0.2) is 2.90 Å². The van der Waals surface area contributed by atoms with Gasteiger partial charge in [0.15, 0.2) is 0 Å². The Labute approximate surface area is 92.1 Å². The van der Waals surface area contributed by atoms with E-state index < -0.39 is 6.61 Å². The molecule has 0 radical (unpaired) electrons. The first-order chi connectivity index (χ1) is 6.66. The number of alkyl halides is 2. The van der Waals surface area contributed by atoms with Gasteiger partial charge in [0.05, 0.1) is 34.6 Å². The third-order valence-electron chi connectivity index (χ3n) is 1.72. The number of halogens is 3. The molecular formula is C8H5F2IN2O. The van der Waals surface area contributed by atoms with Gasteiger partial charge in [-0.15, -0.1) is 0 Å². The predicted molar refractivity (Wildman–Crippen MR) is 55.8 cm³/mol. The molecule has 2 rings (SSSR count). The minimum Gasteiger partial charge on any atom is -0.435 e. The Balaban J connectivity index is 2.42. The van der Waals surface area contributed by atoms with E-state index in [-0.39, 0.29) is 5.75 Å². The molecule has 14 heavy (non-hydrogen) atoms. The number of aromatic nitrogens is 2. The zero-order valence-electron chi connectivity index (χ0n) is 6.82. The van der Waals surface area contributed by atoms with E-state index in [2.05, 4.69) is 9.84 Å². The van der Waals surface area contributed by atoms with Gasteiger partial charge in [-0.3, -0.25) is 0 Å². The minimum atomic E-state index is -2.79. The minimum absolute atomic E-state index is 0.150. The SMILES string of the molecule is FC(F)Oc1ccc2c(cnn2I)c1. The van der Waals surface area contributed by atoms with Crippen LogP contribution in [0.5, 0.6) is 5.75 Å². The Hall–Kier alpha value is -0.920. The number of hydrogen-bond donors (Lipinski definition) is 0. The lowest BCUT2D eigenvalue weighted by Gasteiger charge is -2.03. The largest absolute Gasteiger partial charge is 0.435 e. The highest BCUT2D eigenvalue weighted by Gasteiger charge is 2.06. The molecule has 2 aromatic rings. The molecule has 0 saturated carbocycles. The lowest BCUT2D eigenvalue weighted by Crippen LogP contribution is -2.01. The van der Waals surface area contributed by atoms with Crippen molar-refractivity contribution in [2.45, 2.75) is 6.61 Å². The van der Waals surface area contributed by atoms with Crippen LogP contribution in [0.3, 0.4) is 0 Å². The first kappa shape index (κ1) is 9.63. The van der Waals surface area contributed by atoms with E-state index >= 15 is 0 Å². The van der Waals surface area contributed by atoms with Crippen LogP contribution in [0, 0.1) is 0 Å². The summed E-state index contributed by atoms with van der Waals surface area (Å²) in [6, 6.07) is 4.71. The molecule has 1 aromatic carbocycles. The second kappa shape index (κ2) is 3.68. The first-order valence-electron chi connectivity index (χ1n) is 3.75. The first-order valence-corrected chi connectivity index (χ1v) is 4.72. The Morgan fingerprint density at radius 2 is 2.21 bits per heavy atom. The fraction of sp³-hybridized carbons (Fsp3) is 0.125. The van der Waals surface area contributed by atoms with Crippen LogP contribution in [0.25, 0.3) is 10.9 Å². The predicted octanol–water partition coefficient (Wildman–Crippen LogP) is 2.84. The summed E-state index contributed by atoms with van der Waals surface area (Å²) in [7, 11) is 0. The maximum absolute atomic E-state index is 11.9. The second-order valence-corrected chi connectivity index (χ2v) is 3.52. The average Bonchev–Trinajstić information content (AvgIpc) is 2.46. The molecule has 0 amide bonds. The number of ether oxygens (including phenoxy) is 1. The molecule has 6 heteroatoms. The van der Waals surface area contributed by atoms with Gasteiger partial charge in [0.2, 0.25) is 0 Å². The van der Waals surface area contributed by atoms with Crippen molar-refractivity contribution in [3.05, 3.63) is 24.4 Å². The van der Waals surface area contributed by atoms with Gasteiger partial charge in [-0.1, -0.05) is 0 Å². The molecule has 0 saturated heterocycles. The molecule has 1 heterocycles. The third-order valence-corrected chi connectivity index (χ3v) is 2.49. The molecule has 0 spiro atoms. The topological polar surface area (TPSA) is 27.1 Å². The molecule has 0 bridgehead atoms. The van der Waals surface area contributed by atoms with E-state index in [1.54, 1.807) is 15.2 Å². The van der Waals surface area contributed by atoms with E-state index in [9.17, 15) is 8.78 Å². The summed E-state index contributed by atoms with van der Waals surface area (Å²) in [6.45, 7) is -2.79. The van der Waals surface area contributed by atoms with Crippen LogP contribution >= 0.6 is 22.9 Å². The van der Waals surface area contributed by atoms with Gasteiger partial charge in [0.1, 0.15) is 5.75 Å². The number of nitrogens with zero attached hydrogens (tertiary/aromatic N) is 2. The molecule has 0 aliphatic rings. The van der Waals surface area contributed by atoms with Crippen molar-refractivity contribution in [1.29, 1.82) is 0 Å². The monoisotopic (exact) mass is 310 g/mol. The van der Waals surface area contributed by atoms with Crippen molar-refractivity contribution in [2.75, 3.05) is 0 Å². The van der Waals surface area contributed by atoms with Gasteiger partial charge in [0.25, 0.3) is 0 Å². The van der Waals surface area contributed by atoms with E-state index in [4.69, 9.17) is 0 Å². The normalized spacial score (nSPS) is 11.1. The Kier molecular flexibility index (Phi) is 2.53. The third kappa shape index (κ3) is 1.79. The highest BCUT2D eigenvalue weighted by atomic mass is 127. The van der Waals surface area contributed by atoms with E-state index in [0.717, 1.165) is 10.9 Å². The molecule has 0 fully saturated rings. The Bertz CT molecular complexity index is 458. The van der Waals surface area contributed by atoms with Crippen LogP contribution in [0.4, 0.5) is 8.78 Å². The summed E-state index contributed by atoms with van der Waals surface area (Å²) in [5, 5.41) is 4.75. The molecule has 74 valence electrons. The highest BCUT2D eigenvalue weighted by molar-refractivity contribution is 14.1. The quantitative estimate of drug-likeness (QED) is 0.798. The molecule has 0 aliphatic heterocycles. The number of hydrogen-bond acceptors (Lipinski definition) is 2. The van der Waals surface area contributed by atoms with Crippen LogP contribution in [-0.2, 0) is 0 Å². The summed E-state index contributed by atoms with van der Waals surface area (Å²) in [4.78, 5) is 0.